The maximum atomic E-state index is 11.3. The summed E-state index contributed by atoms with van der Waals surface area (Å²) in [5, 5.41) is 2.60. The standard InChI is InChI=1S/C14H18N2O3/c1-10(17)14(18)15-13-4-3-11-8-16(5-6-19-2)9-12(11)7-13/h3-4,7H,5-6,8-9H2,1-2H3,(H,15,18). The summed E-state index contributed by atoms with van der Waals surface area (Å²) in [6, 6.07) is 5.76. The number of anilines is 1. The summed E-state index contributed by atoms with van der Waals surface area (Å²) in [6.45, 7) is 4.61. The third-order valence-electron chi connectivity index (χ3n) is 3.18. The fraction of sp³-hybridized carbons (Fsp3) is 0.429. The second kappa shape index (κ2) is 5.95. The molecule has 0 radical (unpaired) electrons. The number of nitrogens with one attached hydrogen (secondary N) is 1. The third-order valence-corrected chi connectivity index (χ3v) is 3.18. The first-order chi connectivity index (χ1) is 9.10. The predicted octanol–water partition coefficient (Wildman–Crippen LogP) is 1.18. The zero-order chi connectivity index (χ0) is 13.8. The summed E-state index contributed by atoms with van der Waals surface area (Å²) in [7, 11) is 1.69. The van der Waals surface area contributed by atoms with E-state index in [0.717, 1.165) is 19.6 Å². The number of methoxy groups -OCH3 is 1. The van der Waals surface area contributed by atoms with Crippen molar-refractivity contribution < 1.29 is 14.3 Å². The van der Waals surface area contributed by atoms with Crippen molar-refractivity contribution >= 4 is 17.4 Å². The number of carbonyl (C=O) groups excluding carboxylic acids is 2. The molecule has 1 aliphatic heterocycles. The maximum Gasteiger partial charge on any atom is 0.291 e. The van der Waals surface area contributed by atoms with E-state index in [2.05, 4.69) is 10.2 Å². The van der Waals surface area contributed by atoms with Crippen LogP contribution in [0.25, 0.3) is 0 Å². The molecule has 1 amide bonds. The van der Waals surface area contributed by atoms with Gasteiger partial charge in [0.25, 0.3) is 5.91 Å². The predicted molar refractivity (Wildman–Crippen MR) is 71.7 cm³/mol. The van der Waals surface area contributed by atoms with Gasteiger partial charge in [-0.25, -0.2) is 0 Å². The fourth-order valence-corrected chi connectivity index (χ4v) is 2.14. The highest BCUT2D eigenvalue weighted by molar-refractivity contribution is 6.39. The zero-order valence-electron chi connectivity index (χ0n) is 11.2. The Labute approximate surface area is 112 Å². The van der Waals surface area contributed by atoms with Gasteiger partial charge in [-0.1, -0.05) is 6.07 Å². The molecular weight excluding hydrogens is 244 g/mol. The molecule has 102 valence electrons. The van der Waals surface area contributed by atoms with Gasteiger partial charge in [-0.15, -0.1) is 0 Å². The second-order valence-electron chi connectivity index (χ2n) is 4.70. The second-order valence-corrected chi connectivity index (χ2v) is 4.70. The Morgan fingerprint density at radius 1 is 1.32 bits per heavy atom. The summed E-state index contributed by atoms with van der Waals surface area (Å²) < 4.78 is 5.07. The number of hydrogen-bond donors (Lipinski definition) is 1. The van der Waals surface area contributed by atoms with Gasteiger partial charge in [-0.3, -0.25) is 14.5 Å². The average Bonchev–Trinajstić information content (AvgIpc) is 2.78. The van der Waals surface area contributed by atoms with Crippen molar-refractivity contribution in [3.8, 4) is 0 Å². The Balaban J connectivity index is 2.02. The van der Waals surface area contributed by atoms with Gasteiger partial charge >= 0.3 is 0 Å². The highest BCUT2D eigenvalue weighted by Crippen LogP contribution is 2.25. The van der Waals surface area contributed by atoms with E-state index in [1.165, 1.54) is 18.1 Å². The molecule has 5 heteroatoms. The van der Waals surface area contributed by atoms with Gasteiger partial charge in [0.05, 0.1) is 6.61 Å². The average molecular weight is 262 g/mol. The molecule has 1 N–H and O–H groups in total. The van der Waals surface area contributed by atoms with Crippen LogP contribution in [0, 0.1) is 0 Å². The van der Waals surface area contributed by atoms with Crippen LogP contribution in [0.1, 0.15) is 18.1 Å². The van der Waals surface area contributed by atoms with Crippen LogP contribution in [0.4, 0.5) is 5.69 Å². The molecule has 1 aliphatic rings. The van der Waals surface area contributed by atoms with Crippen LogP contribution >= 0.6 is 0 Å². The highest BCUT2D eigenvalue weighted by atomic mass is 16.5. The molecule has 0 atom stereocenters. The van der Waals surface area contributed by atoms with E-state index in [0.29, 0.717) is 12.3 Å². The molecule has 1 aromatic rings. The summed E-state index contributed by atoms with van der Waals surface area (Å²) in [6.07, 6.45) is 0. The summed E-state index contributed by atoms with van der Waals surface area (Å²) in [5.41, 5.74) is 3.13. The molecule has 0 saturated heterocycles. The van der Waals surface area contributed by atoms with Crippen LogP contribution in [-0.4, -0.2) is 36.9 Å². The fourth-order valence-electron chi connectivity index (χ4n) is 2.14. The topological polar surface area (TPSA) is 58.6 Å². The number of amides is 1. The summed E-state index contributed by atoms with van der Waals surface area (Å²) >= 11 is 0. The van der Waals surface area contributed by atoms with E-state index in [1.54, 1.807) is 7.11 Å². The van der Waals surface area contributed by atoms with Crippen molar-refractivity contribution in [3.05, 3.63) is 29.3 Å². The number of benzene rings is 1. The lowest BCUT2D eigenvalue weighted by Gasteiger charge is -2.13. The minimum atomic E-state index is -0.575. The van der Waals surface area contributed by atoms with Crippen LogP contribution in [0.5, 0.6) is 0 Å². The van der Waals surface area contributed by atoms with Crippen LogP contribution in [0.15, 0.2) is 18.2 Å². The number of Topliss-reactive ketones (excluding diaryl/α,β-unsaturated/α-hetero) is 1. The van der Waals surface area contributed by atoms with E-state index >= 15 is 0 Å². The Morgan fingerprint density at radius 3 is 2.74 bits per heavy atom. The monoisotopic (exact) mass is 262 g/mol. The van der Waals surface area contributed by atoms with E-state index in [4.69, 9.17) is 4.74 Å². The molecule has 0 aromatic heterocycles. The number of ether oxygens (including phenoxy) is 1. The van der Waals surface area contributed by atoms with E-state index in [9.17, 15) is 9.59 Å². The van der Waals surface area contributed by atoms with Gasteiger partial charge in [-0.05, 0) is 23.3 Å². The Hall–Kier alpha value is -1.72. The van der Waals surface area contributed by atoms with Crippen molar-refractivity contribution in [1.82, 2.24) is 4.90 Å². The van der Waals surface area contributed by atoms with E-state index < -0.39 is 11.7 Å². The first-order valence-electron chi connectivity index (χ1n) is 6.25. The first-order valence-corrected chi connectivity index (χ1v) is 6.25. The van der Waals surface area contributed by atoms with Crippen LogP contribution < -0.4 is 5.32 Å². The quantitative estimate of drug-likeness (QED) is 0.809. The number of fused-ring (bicyclic) bond motifs is 1. The molecular formula is C14H18N2O3. The number of carbonyl (C=O) groups is 2. The van der Waals surface area contributed by atoms with Gasteiger partial charge in [0, 0.05) is 39.4 Å². The van der Waals surface area contributed by atoms with Crippen LogP contribution in [0.2, 0.25) is 0 Å². The molecule has 1 heterocycles. The molecule has 5 nitrogen and oxygen atoms in total. The zero-order valence-corrected chi connectivity index (χ0v) is 11.2. The van der Waals surface area contributed by atoms with Crippen molar-refractivity contribution in [3.63, 3.8) is 0 Å². The number of ketones is 1. The molecule has 1 aromatic carbocycles. The minimum absolute atomic E-state index is 0.484. The van der Waals surface area contributed by atoms with Crippen molar-refractivity contribution in [2.75, 3.05) is 25.6 Å². The molecule has 0 fully saturated rings. The smallest absolute Gasteiger partial charge is 0.291 e. The lowest BCUT2D eigenvalue weighted by Crippen LogP contribution is -2.21. The molecule has 2 rings (SSSR count). The Morgan fingerprint density at radius 2 is 2.05 bits per heavy atom. The van der Waals surface area contributed by atoms with Crippen molar-refractivity contribution in [2.45, 2.75) is 20.0 Å². The lowest BCUT2D eigenvalue weighted by molar-refractivity contribution is -0.133. The van der Waals surface area contributed by atoms with Gasteiger partial charge < -0.3 is 10.1 Å². The molecule has 0 saturated carbocycles. The van der Waals surface area contributed by atoms with Gasteiger partial charge in [0.2, 0.25) is 5.78 Å². The number of nitrogens with zero attached hydrogens (tertiary/aromatic N) is 1. The van der Waals surface area contributed by atoms with E-state index in [-0.39, 0.29) is 0 Å². The van der Waals surface area contributed by atoms with Crippen LogP contribution in [0.3, 0.4) is 0 Å². The largest absolute Gasteiger partial charge is 0.383 e. The normalized spacial score (nSPS) is 14.2. The molecule has 0 bridgehead atoms. The first kappa shape index (κ1) is 13.7. The number of rotatable bonds is 5. The van der Waals surface area contributed by atoms with E-state index in [1.807, 2.05) is 18.2 Å². The molecule has 0 spiro atoms. The summed E-state index contributed by atoms with van der Waals surface area (Å²) in [4.78, 5) is 24.5. The van der Waals surface area contributed by atoms with Gasteiger partial charge in [0.1, 0.15) is 0 Å². The van der Waals surface area contributed by atoms with Gasteiger partial charge in [0.15, 0.2) is 0 Å². The van der Waals surface area contributed by atoms with Crippen molar-refractivity contribution in [2.24, 2.45) is 0 Å². The molecule has 19 heavy (non-hydrogen) atoms. The van der Waals surface area contributed by atoms with Gasteiger partial charge in [-0.2, -0.15) is 0 Å². The number of hydrogen-bond acceptors (Lipinski definition) is 4. The molecule has 0 aliphatic carbocycles. The lowest BCUT2D eigenvalue weighted by atomic mass is 10.1. The minimum Gasteiger partial charge on any atom is -0.383 e. The Kier molecular flexibility index (Phi) is 4.29. The van der Waals surface area contributed by atoms with Crippen LogP contribution in [-0.2, 0) is 27.4 Å². The molecule has 0 unspecified atom stereocenters. The Bertz CT molecular complexity index is 499. The van der Waals surface area contributed by atoms with Crippen molar-refractivity contribution in [1.29, 1.82) is 0 Å². The maximum absolute atomic E-state index is 11.3. The summed E-state index contributed by atoms with van der Waals surface area (Å²) in [5.74, 6) is -1.06. The SMILES string of the molecule is COCCN1Cc2ccc(NC(=O)C(C)=O)cc2C1. The third kappa shape index (κ3) is 3.39. The highest BCUT2D eigenvalue weighted by Gasteiger charge is 2.19.